The maximum Gasteiger partial charge on any atom is 0.306 e. The Balaban J connectivity index is 2.03. The highest BCUT2D eigenvalue weighted by Gasteiger charge is 2.32. The van der Waals surface area contributed by atoms with E-state index in [4.69, 9.17) is 16.3 Å². The molecule has 3 rings (SSSR count). The van der Waals surface area contributed by atoms with Crippen molar-refractivity contribution in [3.8, 4) is 5.75 Å². The molecule has 1 atom stereocenters. The first-order chi connectivity index (χ1) is 12.5. The molecule has 1 saturated heterocycles. The topological polar surface area (TPSA) is 62.7 Å². The van der Waals surface area contributed by atoms with Crippen LogP contribution in [-0.4, -0.2) is 41.2 Å². The predicted molar refractivity (Wildman–Crippen MR) is 101 cm³/mol. The molecular formula is C20H23ClN2O3. The molecule has 138 valence electrons. The summed E-state index contributed by atoms with van der Waals surface area (Å²) < 4.78 is 5.60. The average molecular weight is 375 g/mol. The summed E-state index contributed by atoms with van der Waals surface area (Å²) in [7, 11) is 1.65. The highest BCUT2D eigenvalue weighted by atomic mass is 35.5. The predicted octanol–water partition coefficient (Wildman–Crippen LogP) is 3.94. The Kier molecular flexibility index (Phi) is 5.79. The molecule has 2 heterocycles. The van der Waals surface area contributed by atoms with Crippen molar-refractivity contribution in [2.45, 2.75) is 25.8 Å². The summed E-state index contributed by atoms with van der Waals surface area (Å²) in [4.78, 5) is 17.8. The van der Waals surface area contributed by atoms with Crippen LogP contribution in [0.2, 0.25) is 5.02 Å². The molecule has 0 radical (unpaired) electrons. The van der Waals surface area contributed by atoms with Gasteiger partial charge in [0, 0.05) is 23.0 Å². The lowest BCUT2D eigenvalue weighted by Gasteiger charge is -2.38. The smallest absolute Gasteiger partial charge is 0.306 e. The van der Waals surface area contributed by atoms with Gasteiger partial charge in [0.2, 0.25) is 0 Å². The van der Waals surface area contributed by atoms with Crippen LogP contribution >= 0.6 is 11.6 Å². The minimum Gasteiger partial charge on any atom is -0.496 e. The molecule has 5 nitrogen and oxygen atoms in total. The van der Waals surface area contributed by atoms with E-state index in [9.17, 15) is 9.90 Å². The summed E-state index contributed by atoms with van der Waals surface area (Å²) >= 11 is 6.28. The molecule has 1 aromatic carbocycles. The van der Waals surface area contributed by atoms with Crippen molar-refractivity contribution < 1.29 is 14.6 Å². The Morgan fingerprint density at radius 2 is 2.04 bits per heavy atom. The van der Waals surface area contributed by atoms with Gasteiger partial charge >= 0.3 is 5.97 Å². The fraction of sp³-hybridized carbons (Fsp3) is 0.400. The second-order valence-electron chi connectivity index (χ2n) is 6.67. The SMILES string of the molecule is COc1ccc(Cl)cc1C(c1ccncc1C)N1CCC(C(=O)O)CC1. The van der Waals surface area contributed by atoms with Gasteiger partial charge in [0.25, 0.3) is 0 Å². The van der Waals surface area contributed by atoms with Gasteiger partial charge in [-0.25, -0.2) is 0 Å². The van der Waals surface area contributed by atoms with Gasteiger partial charge < -0.3 is 9.84 Å². The standard InChI is InChI=1S/C20H23ClN2O3/c1-13-12-22-8-5-16(13)19(17-11-15(21)3-4-18(17)26-2)23-9-6-14(7-10-23)20(24)25/h3-5,8,11-12,14,19H,6-7,9-10H2,1-2H3,(H,24,25). The molecule has 1 aromatic heterocycles. The van der Waals surface area contributed by atoms with Crippen molar-refractivity contribution in [2.75, 3.05) is 20.2 Å². The molecule has 0 spiro atoms. The summed E-state index contributed by atoms with van der Waals surface area (Å²) in [6.07, 6.45) is 4.91. The number of nitrogens with zero attached hydrogens (tertiary/aromatic N) is 2. The summed E-state index contributed by atoms with van der Waals surface area (Å²) in [5, 5.41) is 9.95. The minimum atomic E-state index is -0.707. The van der Waals surface area contributed by atoms with E-state index in [1.54, 1.807) is 13.3 Å². The summed E-state index contributed by atoms with van der Waals surface area (Å²) in [6.45, 7) is 3.45. The number of piperidine rings is 1. The number of ether oxygens (including phenoxy) is 1. The zero-order chi connectivity index (χ0) is 18.7. The van der Waals surface area contributed by atoms with Crippen LogP contribution in [-0.2, 0) is 4.79 Å². The van der Waals surface area contributed by atoms with Gasteiger partial charge in [-0.2, -0.15) is 0 Å². The van der Waals surface area contributed by atoms with Crippen LogP contribution in [0.15, 0.2) is 36.7 Å². The number of benzene rings is 1. The fourth-order valence-electron chi connectivity index (χ4n) is 3.68. The van der Waals surface area contributed by atoms with Gasteiger partial charge in [-0.05, 0) is 68.2 Å². The van der Waals surface area contributed by atoms with Gasteiger partial charge in [-0.15, -0.1) is 0 Å². The Morgan fingerprint density at radius 3 is 2.65 bits per heavy atom. The zero-order valence-corrected chi connectivity index (χ0v) is 15.7. The maximum absolute atomic E-state index is 11.3. The number of halogens is 1. The summed E-state index contributed by atoms with van der Waals surface area (Å²) in [5.41, 5.74) is 3.21. The van der Waals surface area contributed by atoms with Crippen LogP contribution in [0.1, 0.15) is 35.6 Å². The molecule has 1 fully saturated rings. The second kappa shape index (κ2) is 8.06. The van der Waals surface area contributed by atoms with Crippen molar-refractivity contribution in [1.82, 2.24) is 9.88 Å². The van der Waals surface area contributed by atoms with Crippen molar-refractivity contribution >= 4 is 17.6 Å². The number of pyridine rings is 1. The number of methoxy groups -OCH3 is 1. The monoisotopic (exact) mass is 374 g/mol. The molecule has 1 N–H and O–H groups in total. The molecule has 2 aromatic rings. The summed E-state index contributed by atoms with van der Waals surface area (Å²) in [6, 6.07) is 7.60. The van der Waals surface area contributed by atoms with E-state index in [1.807, 2.05) is 37.4 Å². The van der Waals surface area contributed by atoms with Crippen molar-refractivity contribution in [3.63, 3.8) is 0 Å². The van der Waals surface area contributed by atoms with Crippen molar-refractivity contribution in [3.05, 3.63) is 58.4 Å². The molecule has 1 unspecified atom stereocenters. The highest BCUT2D eigenvalue weighted by Crippen LogP contribution is 2.39. The fourth-order valence-corrected chi connectivity index (χ4v) is 3.86. The van der Waals surface area contributed by atoms with E-state index >= 15 is 0 Å². The van der Waals surface area contributed by atoms with Crippen molar-refractivity contribution in [2.24, 2.45) is 5.92 Å². The van der Waals surface area contributed by atoms with Gasteiger partial charge in [0.05, 0.1) is 19.1 Å². The number of aliphatic carboxylic acids is 1. The van der Waals surface area contributed by atoms with Gasteiger partial charge in [-0.3, -0.25) is 14.7 Å². The van der Waals surface area contributed by atoms with Crippen LogP contribution in [0.3, 0.4) is 0 Å². The Morgan fingerprint density at radius 1 is 1.31 bits per heavy atom. The number of hydrogen-bond donors (Lipinski definition) is 1. The van der Waals surface area contributed by atoms with Gasteiger partial charge in [-0.1, -0.05) is 11.6 Å². The number of carboxylic acid groups (broad SMARTS) is 1. The van der Waals surface area contributed by atoms with Gasteiger partial charge in [0.1, 0.15) is 5.75 Å². The number of carbonyl (C=O) groups is 1. The van der Waals surface area contributed by atoms with Crippen LogP contribution in [0.5, 0.6) is 5.75 Å². The normalized spacial score (nSPS) is 17.0. The van der Waals surface area contributed by atoms with E-state index in [-0.39, 0.29) is 12.0 Å². The summed E-state index contributed by atoms with van der Waals surface area (Å²) in [5.74, 6) is -0.204. The van der Waals surface area contributed by atoms with Crippen molar-refractivity contribution in [1.29, 1.82) is 0 Å². The first-order valence-corrected chi connectivity index (χ1v) is 9.10. The Hall–Kier alpha value is -2.11. The zero-order valence-electron chi connectivity index (χ0n) is 15.0. The third-order valence-electron chi connectivity index (χ3n) is 5.09. The van der Waals surface area contributed by atoms with Gasteiger partial charge in [0.15, 0.2) is 0 Å². The van der Waals surface area contributed by atoms with E-state index in [0.717, 1.165) is 22.4 Å². The maximum atomic E-state index is 11.3. The average Bonchev–Trinajstić information content (AvgIpc) is 2.64. The lowest BCUT2D eigenvalue weighted by atomic mass is 9.90. The number of likely N-dealkylation sites (tertiary alicyclic amines) is 1. The minimum absolute atomic E-state index is 0.0543. The number of carboxylic acids is 1. The molecule has 0 saturated carbocycles. The molecule has 6 heteroatoms. The number of aromatic nitrogens is 1. The van der Waals surface area contributed by atoms with E-state index < -0.39 is 5.97 Å². The molecule has 0 aliphatic carbocycles. The lowest BCUT2D eigenvalue weighted by Crippen LogP contribution is -2.39. The number of rotatable bonds is 5. The molecule has 26 heavy (non-hydrogen) atoms. The van der Waals surface area contributed by atoms with Crippen LogP contribution < -0.4 is 4.74 Å². The van der Waals surface area contributed by atoms with E-state index in [0.29, 0.717) is 31.0 Å². The molecule has 0 bridgehead atoms. The second-order valence-corrected chi connectivity index (χ2v) is 7.11. The Bertz CT molecular complexity index is 788. The lowest BCUT2D eigenvalue weighted by molar-refractivity contribution is -0.143. The molecule has 1 aliphatic rings. The van der Waals surface area contributed by atoms with Crippen LogP contribution in [0.4, 0.5) is 0 Å². The largest absolute Gasteiger partial charge is 0.496 e. The number of aryl methyl sites for hydroxylation is 1. The first-order valence-electron chi connectivity index (χ1n) is 8.72. The third-order valence-corrected chi connectivity index (χ3v) is 5.32. The van der Waals surface area contributed by atoms with E-state index in [2.05, 4.69) is 9.88 Å². The highest BCUT2D eigenvalue weighted by molar-refractivity contribution is 6.30. The van der Waals surface area contributed by atoms with Crippen LogP contribution in [0, 0.1) is 12.8 Å². The van der Waals surface area contributed by atoms with Crippen LogP contribution in [0.25, 0.3) is 0 Å². The number of hydrogen-bond acceptors (Lipinski definition) is 4. The third kappa shape index (κ3) is 3.84. The Labute approximate surface area is 158 Å². The molecule has 0 amide bonds. The molecular weight excluding hydrogens is 352 g/mol. The first kappa shape index (κ1) is 18.7. The quantitative estimate of drug-likeness (QED) is 0.858. The van der Waals surface area contributed by atoms with E-state index in [1.165, 1.54) is 0 Å². The molecule has 1 aliphatic heterocycles.